The molecule has 0 unspecified atom stereocenters. The van der Waals surface area contributed by atoms with Crippen molar-refractivity contribution in [1.82, 2.24) is 19.6 Å². The van der Waals surface area contributed by atoms with Gasteiger partial charge in [0.15, 0.2) is 10.8 Å². The van der Waals surface area contributed by atoms with E-state index < -0.39 is 0 Å². The first-order chi connectivity index (χ1) is 14.0. The van der Waals surface area contributed by atoms with Crippen molar-refractivity contribution in [3.8, 4) is 11.5 Å². The topological polar surface area (TPSA) is 90.6 Å². The van der Waals surface area contributed by atoms with E-state index in [1.807, 2.05) is 4.40 Å². The van der Waals surface area contributed by atoms with Crippen molar-refractivity contribution in [3.63, 3.8) is 0 Å². The molecule has 1 amide bonds. The van der Waals surface area contributed by atoms with Crippen LogP contribution in [0.15, 0.2) is 29.7 Å². The number of methoxy groups -OCH3 is 2. The predicted molar refractivity (Wildman–Crippen MR) is 115 cm³/mol. The Morgan fingerprint density at radius 3 is 2.83 bits per heavy atom. The van der Waals surface area contributed by atoms with Crippen LogP contribution in [0.5, 0.6) is 11.5 Å². The lowest BCUT2D eigenvalue weighted by Crippen LogP contribution is -2.15. The number of thiophene rings is 1. The Bertz CT molecular complexity index is 1220. The van der Waals surface area contributed by atoms with Crippen LogP contribution in [0.1, 0.15) is 10.4 Å². The first-order valence-electron chi connectivity index (χ1n) is 8.76. The molecule has 0 saturated heterocycles. The maximum atomic E-state index is 12.5. The fraction of sp³-hybridized carbons (Fsp3) is 0.263. The lowest BCUT2D eigenvalue weighted by atomic mass is 10.2. The molecule has 0 fully saturated rings. The number of aromatic nitrogens is 4. The lowest BCUT2D eigenvalue weighted by molar-refractivity contribution is -0.113. The van der Waals surface area contributed by atoms with Crippen molar-refractivity contribution >= 4 is 50.6 Å². The molecular weight excluding hydrogens is 410 g/mol. The van der Waals surface area contributed by atoms with Gasteiger partial charge in [0.2, 0.25) is 5.91 Å². The minimum absolute atomic E-state index is 0.168. The SMILES string of the molecule is COc1ccc(OC)c(NC(=O)CSc2nnc3c4c(C)c(C)sc4ncn23)c1. The van der Waals surface area contributed by atoms with Crippen molar-refractivity contribution in [2.75, 3.05) is 25.3 Å². The average Bonchev–Trinajstić information content (AvgIpc) is 3.26. The Labute approximate surface area is 175 Å². The minimum Gasteiger partial charge on any atom is -0.497 e. The molecule has 3 aromatic heterocycles. The maximum absolute atomic E-state index is 12.5. The number of carbonyl (C=O) groups is 1. The molecule has 0 radical (unpaired) electrons. The number of benzene rings is 1. The van der Waals surface area contributed by atoms with Crippen LogP contribution in [0.3, 0.4) is 0 Å². The number of rotatable bonds is 6. The van der Waals surface area contributed by atoms with E-state index in [0.717, 1.165) is 21.4 Å². The number of aryl methyl sites for hydroxylation is 2. The zero-order valence-electron chi connectivity index (χ0n) is 16.3. The second-order valence-corrected chi connectivity index (χ2v) is 8.43. The van der Waals surface area contributed by atoms with E-state index in [-0.39, 0.29) is 11.7 Å². The van der Waals surface area contributed by atoms with Gasteiger partial charge in [0.1, 0.15) is 22.7 Å². The van der Waals surface area contributed by atoms with Gasteiger partial charge >= 0.3 is 0 Å². The number of thioether (sulfide) groups is 1. The zero-order valence-corrected chi connectivity index (χ0v) is 18.0. The normalized spacial score (nSPS) is 11.2. The number of fused-ring (bicyclic) bond motifs is 3. The summed E-state index contributed by atoms with van der Waals surface area (Å²) in [7, 11) is 3.12. The number of ether oxygens (including phenoxy) is 2. The van der Waals surface area contributed by atoms with Crippen molar-refractivity contribution < 1.29 is 14.3 Å². The quantitative estimate of drug-likeness (QED) is 0.467. The molecular formula is C19H19N5O3S2. The highest BCUT2D eigenvalue weighted by atomic mass is 32.2. The van der Waals surface area contributed by atoms with Crippen LogP contribution in [0.25, 0.3) is 15.9 Å². The van der Waals surface area contributed by atoms with E-state index >= 15 is 0 Å². The highest BCUT2D eigenvalue weighted by molar-refractivity contribution is 7.99. The molecule has 0 bridgehead atoms. The molecule has 3 heterocycles. The monoisotopic (exact) mass is 429 g/mol. The second kappa shape index (κ2) is 7.88. The van der Waals surface area contributed by atoms with E-state index in [1.165, 1.54) is 16.6 Å². The van der Waals surface area contributed by atoms with Crippen LogP contribution >= 0.6 is 23.1 Å². The molecule has 4 rings (SSSR count). The summed E-state index contributed by atoms with van der Waals surface area (Å²) in [5.74, 6) is 1.18. The molecule has 1 aromatic carbocycles. The Morgan fingerprint density at radius 1 is 1.24 bits per heavy atom. The van der Waals surface area contributed by atoms with Gasteiger partial charge in [-0.2, -0.15) is 0 Å². The van der Waals surface area contributed by atoms with Gasteiger partial charge in [-0.25, -0.2) is 4.98 Å². The van der Waals surface area contributed by atoms with E-state index in [4.69, 9.17) is 9.47 Å². The smallest absolute Gasteiger partial charge is 0.234 e. The number of anilines is 1. The third-order valence-electron chi connectivity index (χ3n) is 4.56. The van der Waals surface area contributed by atoms with Crippen LogP contribution in [-0.4, -0.2) is 45.5 Å². The van der Waals surface area contributed by atoms with Gasteiger partial charge in [-0.15, -0.1) is 21.5 Å². The average molecular weight is 430 g/mol. The summed E-state index contributed by atoms with van der Waals surface area (Å²) >= 11 is 2.94. The molecule has 0 saturated carbocycles. The molecule has 1 N–H and O–H groups in total. The van der Waals surface area contributed by atoms with Gasteiger partial charge in [0, 0.05) is 10.9 Å². The largest absolute Gasteiger partial charge is 0.497 e. The maximum Gasteiger partial charge on any atom is 0.234 e. The number of carbonyl (C=O) groups excluding carboxylic acids is 1. The molecule has 0 aliphatic heterocycles. The Balaban J connectivity index is 1.53. The van der Waals surface area contributed by atoms with Crippen molar-refractivity contribution in [2.24, 2.45) is 0 Å². The summed E-state index contributed by atoms with van der Waals surface area (Å²) in [5.41, 5.74) is 2.47. The first kappa shape index (κ1) is 19.5. The summed E-state index contributed by atoms with van der Waals surface area (Å²) in [4.78, 5) is 19.2. The summed E-state index contributed by atoms with van der Waals surface area (Å²) < 4.78 is 12.3. The fourth-order valence-electron chi connectivity index (χ4n) is 2.95. The van der Waals surface area contributed by atoms with E-state index in [1.54, 1.807) is 50.1 Å². The molecule has 0 atom stereocenters. The summed E-state index contributed by atoms with van der Waals surface area (Å²) in [6, 6.07) is 5.24. The summed E-state index contributed by atoms with van der Waals surface area (Å²) in [6.45, 7) is 4.13. The van der Waals surface area contributed by atoms with Crippen LogP contribution in [0.2, 0.25) is 0 Å². The van der Waals surface area contributed by atoms with E-state index in [9.17, 15) is 4.79 Å². The summed E-state index contributed by atoms with van der Waals surface area (Å²) in [6.07, 6.45) is 1.71. The molecule has 0 aliphatic rings. The molecule has 29 heavy (non-hydrogen) atoms. The van der Waals surface area contributed by atoms with Gasteiger partial charge in [0.25, 0.3) is 0 Å². The Kier molecular flexibility index (Phi) is 5.29. The van der Waals surface area contributed by atoms with Gasteiger partial charge < -0.3 is 14.8 Å². The van der Waals surface area contributed by atoms with Gasteiger partial charge in [0.05, 0.1) is 31.0 Å². The van der Waals surface area contributed by atoms with Gasteiger partial charge in [-0.05, 0) is 31.5 Å². The minimum atomic E-state index is -0.185. The molecule has 4 aromatic rings. The van der Waals surface area contributed by atoms with Crippen molar-refractivity contribution in [2.45, 2.75) is 19.0 Å². The number of nitrogens with zero attached hydrogens (tertiary/aromatic N) is 4. The molecule has 0 aliphatic carbocycles. The Morgan fingerprint density at radius 2 is 2.07 bits per heavy atom. The van der Waals surface area contributed by atoms with E-state index in [2.05, 4.69) is 34.3 Å². The fourth-order valence-corrected chi connectivity index (χ4v) is 4.65. The molecule has 10 heteroatoms. The molecule has 150 valence electrons. The van der Waals surface area contributed by atoms with Crippen molar-refractivity contribution in [1.29, 1.82) is 0 Å². The first-order valence-corrected chi connectivity index (χ1v) is 10.6. The van der Waals surface area contributed by atoms with Crippen LogP contribution in [-0.2, 0) is 4.79 Å². The second-order valence-electron chi connectivity index (χ2n) is 6.29. The number of hydrogen-bond donors (Lipinski definition) is 1. The highest BCUT2D eigenvalue weighted by Gasteiger charge is 2.16. The number of nitrogens with one attached hydrogen (secondary N) is 1. The summed E-state index contributed by atoms with van der Waals surface area (Å²) in [5, 5.41) is 13.1. The third-order valence-corrected chi connectivity index (χ3v) is 6.62. The Hall–Kier alpha value is -2.85. The van der Waals surface area contributed by atoms with Gasteiger partial charge in [-0.3, -0.25) is 9.20 Å². The standard InChI is InChI=1S/C19H19N5O3S2/c1-10-11(2)29-18-16(10)17-22-23-19(24(17)9-20-18)28-8-15(25)21-13-7-12(26-3)5-6-14(13)27-4/h5-7,9H,8H2,1-4H3,(H,21,25). The van der Waals surface area contributed by atoms with Crippen LogP contribution < -0.4 is 14.8 Å². The zero-order chi connectivity index (χ0) is 20.5. The van der Waals surface area contributed by atoms with Gasteiger partial charge in [-0.1, -0.05) is 11.8 Å². The highest BCUT2D eigenvalue weighted by Crippen LogP contribution is 2.32. The van der Waals surface area contributed by atoms with E-state index in [0.29, 0.717) is 22.3 Å². The third kappa shape index (κ3) is 3.60. The number of hydrogen-bond acceptors (Lipinski definition) is 8. The molecule has 0 spiro atoms. The predicted octanol–water partition coefficient (Wildman–Crippen LogP) is 3.70. The molecule has 8 nitrogen and oxygen atoms in total. The van der Waals surface area contributed by atoms with Crippen molar-refractivity contribution in [3.05, 3.63) is 35.0 Å². The number of amides is 1. The van der Waals surface area contributed by atoms with Crippen LogP contribution in [0.4, 0.5) is 5.69 Å². The van der Waals surface area contributed by atoms with Crippen LogP contribution in [0, 0.1) is 13.8 Å². The lowest BCUT2D eigenvalue weighted by Gasteiger charge is -2.11.